The monoisotopic (exact) mass is 911 g/mol. The summed E-state index contributed by atoms with van der Waals surface area (Å²) >= 11 is 0. The number of methoxy groups -OCH3 is 2. The van der Waals surface area contributed by atoms with E-state index in [-0.39, 0.29) is 53.0 Å². The molecule has 6 atom stereocenters. The quantitative estimate of drug-likeness (QED) is 0.101. The van der Waals surface area contributed by atoms with Crippen LogP contribution in [0.25, 0.3) is 44.5 Å². The molecular weight excluding hydrogens is 845 g/mol. The lowest BCUT2D eigenvalue weighted by Gasteiger charge is -2.30. The molecule has 3 fully saturated rings. The van der Waals surface area contributed by atoms with Gasteiger partial charge in [0.05, 0.1) is 49.2 Å². The number of imidazole rings is 2. The fourth-order valence-corrected chi connectivity index (χ4v) is 11.6. The van der Waals surface area contributed by atoms with Crippen LogP contribution >= 0.6 is 0 Å². The Bertz CT molecular complexity index is 2660. The Morgan fingerprint density at radius 3 is 1.73 bits per heavy atom. The number of aromatic amines is 2. The van der Waals surface area contributed by atoms with Crippen LogP contribution < -0.4 is 10.6 Å². The molecule has 67 heavy (non-hydrogen) atoms. The standard InChI is InChI=1S/C53H66N8O6/c1-29(2)45(58-51(64)66-7)49(62)60-27-31(5)21-43(60)47-54-26-42(57-47)34-13-11-33(12-14-34)36-16-17-37(39-25-53(24-38(36)39)19-9-10-20-53)35-15-18-40-41(23-35)56-48(55-40)44-22-32(6)28-61(44)50(63)46(30(3)4)59-52(65)67-8/h11-18,23,26,29-32,43-46H,9-10,19-22,24-25,27-28H2,1-8H3,(H,54,57)(H,55,56)(H,58,64)(H,59,65)/t31-,32-,43?,44?,45-,46-/m0/s1. The van der Waals surface area contributed by atoms with Crippen molar-refractivity contribution in [3.05, 3.63) is 83.6 Å². The van der Waals surface area contributed by atoms with Crippen LogP contribution in [-0.2, 0) is 31.9 Å². The van der Waals surface area contributed by atoms with Crippen molar-refractivity contribution in [1.82, 2.24) is 40.4 Å². The average Bonchev–Trinajstić information content (AvgIpc) is 4.19. The smallest absolute Gasteiger partial charge is 0.407 e. The van der Waals surface area contributed by atoms with Crippen molar-refractivity contribution in [1.29, 1.82) is 0 Å². The molecule has 2 aliphatic heterocycles. The van der Waals surface area contributed by atoms with Gasteiger partial charge in [-0.3, -0.25) is 9.59 Å². The molecule has 2 saturated heterocycles. The molecule has 354 valence electrons. The number of likely N-dealkylation sites (tertiary alicyclic amines) is 2. The van der Waals surface area contributed by atoms with E-state index in [0.717, 1.165) is 65.2 Å². The van der Waals surface area contributed by atoms with E-state index in [1.54, 1.807) is 0 Å². The summed E-state index contributed by atoms with van der Waals surface area (Å²) in [4.78, 5) is 73.0. The molecule has 4 amide bonds. The van der Waals surface area contributed by atoms with Crippen molar-refractivity contribution in [3.63, 3.8) is 0 Å². The van der Waals surface area contributed by atoms with Gasteiger partial charge in [0.25, 0.3) is 0 Å². The molecule has 1 saturated carbocycles. The van der Waals surface area contributed by atoms with Crippen molar-refractivity contribution >= 4 is 35.0 Å². The summed E-state index contributed by atoms with van der Waals surface area (Å²) in [5.74, 6) is 1.58. The number of alkyl carbamates (subject to hydrolysis) is 2. The number of carbonyl (C=O) groups is 4. The van der Waals surface area contributed by atoms with Gasteiger partial charge in [-0.25, -0.2) is 19.6 Å². The molecular formula is C53H66N8O6. The second-order valence-electron chi connectivity index (χ2n) is 20.7. The van der Waals surface area contributed by atoms with Crippen molar-refractivity contribution in [2.45, 2.75) is 117 Å². The molecule has 2 aliphatic carbocycles. The van der Waals surface area contributed by atoms with E-state index in [1.165, 1.54) is 67.7 Å². The SMILES string of the molecule is COC(=O)N[C@H](C(=O)N1C[C@@H](C)CC1c1ncc(-c2ccc(-c3ccc(-c4ccc5nc(C6C[C@H](C)CN6C(=O)[C@@H](NC(=O)OC)C(C)C)[nH]c5c4)c4c3CC3(CCCC3)C4)cc2)[nH]1)C(C)C. The Hall–Kier alpha value is -6.18. The van der Waals surface area contributed by atoms with Crippen LogP contribution in [0, 0.1) is 29.1 Å². The normalized spacial score (nSPS) is 21.9. The summed E-state index contributed by atoms with van der Waals surface area (Å²) in [6.45, 7) is 13.2. The number of nitrogens with zero attached hydrogens (tertiary/aromatic N) is 4. The molecule has 4 heterocycles. The Morgan fingerprint density at radius 2 is 1.19 bits per heavy atom. The summed E-state index contributed by atoms with van der Waals surface area (Å²) in [5, 5.41) is 5.50. The average molecular weight is 911 g/mol. The molecule has 1 spiro atoms. The van der Waals surface area contributed by atoms with Gasteiger partial charge in [0.1, 0.15) is 23.7 Å². The minimum absolute atomic E-state index is 0.113. The fraction of sp³-hybridized carbons (Fsp3) is 0.509. The molecule has 14 heteroatoms. The largest absolute Gasteiger partial charge is 0.453 e. The first-order valence-electron chi connectivity index (χ1n) is 24.3. The van der Waals surface area contributed by atoms with E-state index in [9.17, 15) is 19.2 Å². The Labute approximate surface area is 393 Å². The topological polar surface area (TPSA) is 175 Å². The number of hydrogen-bond acceptors (Lipinski definition) is 8. The number of rotatable bonds is 11. The summed E-state index contributed by atoms with van der Waals surface area (Å²) in [6, 6.07) is 18.0. The molecule has 14 nitrogen and oxygen atoms in total. The van der Waals surface area contributed by atoms with E-state index >= 15 is 0 Å². The van der Waals surface area contributed by atoms with E-state index < -0.39 is 24.3 Å². The van der Waals surface area contributed by atoms with E-state index in [0.29, 0.717) is 13.1 Å². The van der Waals surface area contributed by atoms with Crippen molar-refractivity contribution < 1.29 is 28.7 Å². The third kappa shape index (κ3) is 8.91. The van der Waals surface area contributed by atoms with Gasteiger partial charge in [0.15, 0.2) is 0 Å². The number of hydrogen-bond donors (Lipinski definition) is 4. The molecule has 4 N–H and O–H groups in total. The van der Waals surface area contributed by atoms with Crippen LogP contribution in [0.1, 0.15) is 115 Å². The Balaban J connectivity index is 0.974. The van der Waals surface area contributed by atoms with Crippen molar-refractivity contribution in [2.24, 2.45) is 29.1 Å². The third-order valence-electron chi connectivity index (χ3n) is 15.1. The minimum Gasteiger partial charge on any atom is -0.453 e. The number of ether oxygens (including phenoxy) is 2. The van der Waals surface area contributed by atoms with Crippen molar-refractivity contribution in [3.8, 4) is 33.5 Å². The van der Waals surface area contributed by atoms with Crippen molar-refractivity contribution in [2.75, 3.05) is 27.3 Å². The van der Waals surface area contributed by atoms with Crippen LogP contribution in [0.3, 0.4) is 0 Å². The lowest BCUT2D eigenvalue weighted by atomic mass is 9.82. The number of aromatic nitrogens is 4. The highest BCUT2D eigenvalue weighted by Crippen LogP contribution is 2.53. The zero-order valence-corrected chi connectivity index (χ0v) is 40.2. The van der Waals surface area contributed by atoms with Gasteiger partial charge in [0.2, 0.25) is 11.8 Å². The number of nitrogens with one attached hydrogen (secondary N) is 4. The van der Waals surface area contributed by atoms with Crippen LogP contribution in [0.2, 0.25) is 0 Å². The number of benzene rings is 3. The minimum atomic E-state index is -0.701. The van der Waals surface area contributed by atoms with Crippen LogP contribution in [-0.4, -0.2) is 93.1 Å². The van der Waals surface area contributed by atoms with Gasteiger partial charge >= 0.3 is 12.2 Å². The lowest BCUT2D eigenvalue weighted by molar-refractivity contribution is -0.136. The maximum atomic E-state index is 14.0. The highest BCUT2D eigenvalue weighted by molar-refractivity contribution is 5.89. The lowest BCUT2D eigenvalue weighted by Crippen LogP contribution is -2.51. The predicted octanol–water partition coefficient (Wildman–Crippen LogP) is 9.53. The third-order valence-corrected chi connectivity index (χ3v) is 15.1. The Morgan fingerprint density at radius 1 is 0.687 bits per heavy atom. The summed E-state index contributed by atoms with van der Waals surface area (Å²) in [6.07, 6.45) is 9.35. The molecule has 5 aromatic rings. The van der Waals surface area contributed by atoms with E-state index in [2.05, 4.69) is 89.0 Å². The molecule has 2 unspecified atom stereocenters. The maximum absolute atomic E-state index is 14.0. The zero-order valence-electron chi connectivity index (χ0n) is 40.2. The highest BCUT2D eigenvalue weighted by Gasteiger charge is 2.44. The van der Waals surface area contributed by atoms with Crippen LogP contribution in [0.4, 0.5) is 9.59 Å². The fourth-order valence-electron chi connectivity index (χ4n) is 11.6. The predicted molar refractivity (Wildman–Crippen MR) is 258 cm³/mol. The van der Waals surface area contributed by atoms with E-state index in [4.69, 9.17) is 19.4 Å². The summed E-state index contributed by atoms with van der Waals surface area (Å²) in [5.41, 5.74) is 11.7. The first kappa shape index (κ1) is 46.0. The van der Waals surface area contributed by atoms with Gasteiger partial charge in [-0.2, -0.15) is 0 Å². The van der Waals surface area contributed by atoms with Gasteiger partial charge in [-0.1, -0.05) is 96.8 Å². The number of fused-ring (bicyclic) bond motifs is 2. The summed E-state index contributed by atoms with van der Waals surface area (Å²) in [7, 11) is 2.62. The highest BCUT2D eigenvalue weighted by atomic mass is 16.5. The van der Waals surface area contributed by atoms with Gasteiger partial charge in [0, 0.05) is 13.1 Å². The van der Waals surface area contributed by atoms with Gasteiger partial charge < -0.3 is 39.9 Å². The molecule has 3 aromatic carbocycles. The zero-order chi connectivity index (χ0) is 47.3. The number of H-pyrrole nitrogens is 2. The molecule has 4 aliphatic rings. The Kier molecular flexibility index (Phi) is 12.7. The molecule has 0 bridgehead atoms. The number of amides is 4. The van der Waals surface area contributed by atoms with Gasteiger partial charge in [-0.15, -0.1) is 0 Å². The number of carbonyl (C=O) groups excluding carboxylic acids is 4. The molecule has 9 rings (SSSR count). The second-order valence-corrected chi connectivity index (χ2v) is 20.7. The first-order chi connectivity index (χ1) is 32.1. The van der Waals surface area contributed by atoms with E-state index in [1.807, 2.05) is 43.7 Å². The molecule has 2 aromatic heterocycles. The second kappa shape index (κ2) is 18.5. The maximum Gasteiger partial charge on any atom is 0.407 e. The van der Waals surface area contributed by atoms with Gasteiger partial charge in [-0.05, 0) is 119 Å². The first-order valence-corrected chi connectivity index (χ1v) is 24.3. The van der Waals surface area contributed by atoms with Crippen LogP contribution in [0.15, 0.2) is 60.8 Å². The van der Waals surface area contributed by atoms with Crippen LogP contribution in [0.5, 0.6) is 0 Å². The summed E-state index contributed by atoms with van der Waals surface area (Å²) < 4.78 is 9.68. The molecule has 0 radical (unpaired) electrons.